The van der Waals surface area contributed by atoms with Gasteiger partial charge in [-0.1, -0.05) is 25.7 Å². The molecule has 1 aliphatic heterocycles. The highest BCUT2D eigenvalue weighted by Crippen LogP contribution is 2.35. The summed E-state index contributed by atoms with van der Waals surface area (Å²) in [6.45, 7) is 0.538. The molecule has 1 heterocycles. The van der Waals surface area contributed by atoms with Crippen molar-refractivity contribution in [1.82, 2.24) is 4.31 Å². The van der Waals surface area contributed by atoms with Gasteiger partial charge in [0.2, 0.25) is 10.0 Å². The Morgan fingerprint density at radius 1 is 1.00 bits per heavy atom. The molecular weight excluding hydrogens is 236 g/mol. The highest BCUT2D eigenvalue weighted by atomic mass is 32.2. The molecule has 2 fully saturated rings. The van der Waals surface area contributed by atoms with Crippen LogP contribution < -0.4 is 0 Å². The molecule has 0 radical (unpaired) electrons. The van der Waals surface area contributed by atoms with E-state index in [1.807, 2.05) is 0 Å². The van der Waals surface area contributed by atoms with E-state index < -0.39 is 15.6 Å². The van der Waals surface area contributed by atoms with E-state index in [0.29, 0.717) is 19.4 Å². The molecular formula is C12H20N2O2S. The van der Waals surface area contributed by atoms with Crippen molar-refractivity contribution in [2.45, 2.75) is 56.9 Å². The average Bonchev–Trinajstić information content (AvgIpc) is 2.54. The molecule has 96 valence electrons. The second-order valence-corrected chi connectivity index (χ2v) is 7.17. The summed E-state index contributed by atoms with van der Waals surface area (Å²) in [6, 6.07) is 2.33. The minimum Gasteiger partial charge on any atom is -0.212 e. The van der Waals surface area contributed by atoms with Gasteiger partial charge in [0.05, 0.1) is 11.8 Å². The minimum atomic E-state index is -3.20. The molecule has 0 N–H and O–H groups in total. The van der Waals surface area contributed by atoms with Crippen LogP contribution in [0, 0.1) is 11.3 Å². The highest BCUT2D eigenvalue weighted by molar-refractivity contribution is 7.89. The Morgan fingerprint density at radius 2 is 1.65 bits per heavy atom. The van der Waals surface area contributed by atoms with Gasteiger partial charge in [-0.2, -0.15) is 9.57 Å². The Hall–Kier alpha value is -0.600. The van der Waals surface area contributed by atoms with Crippen LogP contribution in [0.4, 0.5) is 0 Å². The zero-order chi connectivity index (χ0) is 12.4. The molecule has 5 heteroatoms. The van der Waals surface area contributed by atoms with Crippen molar-refractivity contribution in [2.24, 2.45) is 0 Å². The van der Waals surface area contributed by atoms with Crippen LogP contribution in [0.2, 0.25) is 0 Å². The number of hydrogen-bond acceptors (Lipinski definition) is 3. The van der Waals surface area contributed by atoms with Crippen molar-refractivity contribution >= 4 is 10.0 Å². The predicted molar refractivity (Wildman–Crippen MR) is 65.8 cm³/mol. The third-order valence-electron chi connectivity index (χ3n) is 3.97. The smallest absolute Gasteiger partial charge is 0.212 e. The lowest BCUT2D eigenvalue weighted by atomic mass is 9.91. The quantitative estimate of drug-likeness (QED) is 0.674. The first-order valence-corrected chi connectivity index (χ1v) is 8.13. The molecule has 0 aromatic rings. The monoisotopic (exact) mass is 256 g/mol. The van der Waals surface area contributed by atoms with Gasteiger partial charge < -0.3 is 0 Å². The van der Waals surface area contributed by atoms with Gasteiger partial charge in [-0.3, -0.25) is 0 Å². The molecule has 0 atom stereocenters. The molecule has 1 saturated heterocycles. The zero-order valence-electron chi connectivity index (χ0n) is 10.2. The Labute approximate surface area is 104 Å². The fourth-order valence-electron chi connectivity index (χ4n) is 3.00. The predicted octanol–water partition coefficient (Wildman–Crippen LogP) is 2.03. The fourth-order valence-corrected chi connectivity index (χ4v) is 4.95. The van der Waals surface area contributed by atoms with E-state index in [2.05, 4.69) is 6.07 Å². The van der Waals surface area contributed by atoms with Crippen LogP contribution in [0.3, 0.4) is 0 Å². The molecule has 0 bridgehead atoms. The standard InChI is InChI=1S/C12H20N2O2S/c13-11-12(7-3-1-2-4-8-12)14-9-5-6-10-17(14,15)16/h1-10H2. The first-order chi connectivity index (χ1) is 8.11. The van der Waals surface area contributed by atoms with Crippen molar-refractivity contribution in [2.75, 3.05) is 12.3 Å². The highest BCUT2D eigenvalue weighted by Gasteiger charge is 2.44. The van der Waals surface area contributed by atoms with E-state index in [1.54, 1.807) is 0 Å². The molecule has 0 spiro atoms. The minimum absolute atomic E-state index is 0.219. The Bertz CT molecular complexity index is 403. The number of hydrogen-bond donors (Lipinski definition) is 0. The van der Waals surface area contributed by atoms with E-state index in [9.17, 15) is 13.7 Å². The summed E-state index contributed by atoms with van der Waals surface area (Å²) in [5.74, 6) is 0.219. The van der Waals surface area contributed by atoms with Gasteiger partial charge in [-0.25, -0.2) is 8.42 Å². The molecule has 1 saturated carbocycles. The van der Waals surface area contributed by atoms with Crippen LogP contribution in [0.5, 0.6) is 0 Å². The second-order valence-electron chi connectivity index (χ2n) is 5.15. The number of sulfonamides is 1. The van der Waals surface area contributed by atoms with E-state index in [1.165, 1.54) is 4.31 Å². The average molecular weight is 256 g/mol. The van der Waals surface area contributed by atoms with Crippen molar-refractivity contribution in [3.8, 4) is 6.07 Å². The fraction of sp³-hybridized carbons (Fsp3) is 0.917. The van der Waals surface area contributed by atoms with Crippen LogP contribution >= 0.6 is 0 Å². The van der Waals surface area contributed by atoms with Gasteiger partial charge in [0.1, 0.15) is 5.54 Å². The number of nitriles is 1. The van der Waals surface area contributed by atoms with Crippen LogP contribution in [-0.4, -0.2) is 30.6 Å². The maximum Gasteiger partial charge on any atom is 0.215 e. The molecule has 0 aromatic heterocycles. The molecule has 17 heavy (non-hydrogen) atoms. The lowest BCUT2D eigenvalue weighted by molar-refractivity contribution is 0.210. The van der Waals surface area contributed by atoms with E-state index in [0.717, 1.165) is 38.5 Å². The number of rotatable bonds is 1. The molecule has 0 amide bonds. The first-order valence-electron chi connectivity index (χ1n) is 6.53. The summed E-state index contributed by atoms with van der Waals surface area (Å²) in [6.07, 6.45) is 7.24. The lowest BCUT2D eigenvalue weighted by Gasteiger charge is -2.39. The van der Waals surface area contributed by atoms with Crippen molar-refractivity contribution in [3.05, 3.63) is 0 Å². The summed E-state index contributed by atoms with van der Waals surface area (Å²) >= 11 is 0. The summed E-state index contributed by atoms with van der Waals surface area (Å²) in [4.78, 5) is 0. The Balaban J connectivity index is 2.30. The van der Waals surface area contributed by atoms with Crippen molar-refractivity contribution in [3.63, 3.8) is 0 Å². The van der Waals surface area contributed by atoms with Gasteiger partial charge in [0, 0.05) is 6.54 Å². The topological polar surface area (TPSA) is 61.2 Å². The second kappa shape index (κ2) is 4.95. The van der Waals surface area contributed by atoms with Gasteiger partial charge in [-0.15, -0.1) is 0 Å². The summed E-state index contributed by atoms with van der Waals surface area (Å²) in [5, 5.41) is 9.49. The van der Waals surface area contributed by atoms with Gasteiger partial charge >= 0.3 is 0 Å². The number of nitrogens with zero attached hydrogens (tertiary/aromatic N) is 2. The summed E-state index contributed by atoms with van der Waals surface area (Å²) in [7, 11) is -3.20. The molecule has 0 aromatic carbocycles. The largest absolute Gasteiger partial charge is 0.215 e. The van der Waals surface area contributed by atoms with E-state index >= 15 is 0 Å². The molecule has 1 aliphatic carbocycles. The molecule has 2 aliphatic rings. The SMILES string of the molecule is N#CC1(N2CCCCS2(=O)=O)CCCCCC1. The molecule has 0 unspecified atom stereocenters. The Kier molecular flexibility index (Phi) is 3.74. The van der Waals surface area contributed by atoms with Crippen LogP contribution in [0.25, 0.3) is 0 Å². The third kappa shape index (κ3) is 2.48. The van der Waals surface area contributed by atoms with Gasteiger partial charge in [0.15, 0.2) is 0 Å². The van der Waals surface area contributed by atoms with Crippen molar-refractivity contribution < 1.29 is 8.42 Å². The van der Waals surface area contributed by atoms with Crippen LogP contribution in [0.1, 0.15) is 51.4 Å². The van der Waals surface area contributed by atoms with Crippen LogP contribution in [0.15, 0.2) is 0 Å². The summed E-state index contributed by atoms with van der Waals surface area (Å²) < 4.78 is 25.8. The normalized spacial score (nSPS) is 29.1. The molecule has 2 rings (SSSR count). The third-order valence-corrected chi connectivity index (χ3v) is 5.97. The maximum absolute atomic E-state index is 12.1. The maximum atomic E-state index is 12.1. The Morgan fingerprint density at radius 3 is 2.18 bits per heavy atom. The lowest BCUT2D eigenvalue weighted by Crippen LogP contribution is -2.53. The zero-order valence-corrected chi connectivity index (χ0v) is 11.0. The van der Waals surface area contributed by atoms with Gasteiger partial charge in [0.25, 0.3) is 0 Å². The van der Waals surface area contributed by atoms with E-state index in [-0.39, 0.29) is 5.75 Å². The summed E-state index contributed by atoms with van der Waals surface area (Å²) in [5.41, 5.74) is -0.740. The van der Waals surface area contributed by atoms with E-state index in [4.69, 9.17) is 0 Å². The van der Waals surface area contributed by atoms with Gasteiger partial charge in [-0.05, 0) is 25.7 Å². The van der Waals surface area contributed by atoms with Crippen LogP contribution in [-0.2, 0) is 10.0 Å². The van der Waals surface area contributed by atoms with Crippen molar-refractivity contribution in [1.29, 1.82) is 5.26 Å². The molecule has 4 nitrogen and oxygen atoms in total. The first kappa shape index (κ1) is 12.8.